The van der Waals surface area contributed by atoms with Gasteiger partial charge in [0.1, 0.15) is 11.5 Å². The first-order chi connectivity index (χ1) is 24.1. The number of methoxy groups -OCH3 is 2. The minimum atomic E-state index is -0.0663. The van der Waals surface area contributed by atoms with Crippen molar-refractivity contribution in [1.82, 2.24) is 40.0 Å². The Morgan fingerprint density at radius 3 is 1.31 bits per heavy atom. The minimum Gasteiger partial charge on any atom is -0.497 e. The highest BCUT2D eigenvalue weighted by Gasteiger charge is 2.38. The molecule has 4 fully saturated rings. The van der Waals surface area contributed by atoms with Crippen LogP contribution in [0, 0.1) is 0 Å². The highest BCUT2D eigenvalue weighted by atomic mass is 16.5. The van der Waals surface area contributed by atoms with Crippen LogP contribution in [-0.2, 0) is 14.1 Å². The number of hydrogen-bond donors (Lipinski definition) is 2. The molecule has 0 radical (unpaired) electrons. The smallest absolute Gasteiger partial charge is 0.272 e. The molecule has 6 heterocycles. The van der Waals surface area contributed by atoms with Crippen LogP contribution in [-0.4, -0.2) is 111 Å². The summed E-state index contributed by atoms with van der Waals surface area (Å²) in [5.74, 6) is 1.41. The van der Waals surface area contributed by atoms with Crippen molar-refractivity contribution < 1.29 is 24.5 Å². The molecule has 276 valence electrons. The molecule has 4 aromatic rings. The third-order valence-electron chi connectivity index (χ3n) is 11.9. The lowest BCUT2D eigenvalue weighted by Crippen LogP contribution is -2.55. The Bertz CT molecular complexity index is 1710. The lowest BCUT2D eigenvalue weighted by atomic mass is 9.82. The van der Waals surface area contributed by atoms with Gasteiger partial charge in [-0.3, -0.25) is 19.0 Å². The summed E-state index contributed by atoms with van der Waals surface area (Å²) >= 11 is 0. The molecule has 4 aliphatic heterocycles. The maximum atomic E-state index is 12.9. The number of nitrogens with zero attached hydrogens (tertiary/aromatic N) is 6. The van der Waals surface area contributed by atoms with Gasteiger partial charge in [-0.1, -0.05) is 12.8 Å². The average molecular weight is 703 g/mol. The zero-order valence-corrected chi connectivity index (χ0v) is 30.8. The number of aryl methyl sites for hydroxylation is 2. The molecule has 8 rings (SSSR count). The number of carbonyl (C=O) groups is 2. The van der Waals surface area contributed by atoms with E-state index in [1.165, 1.54) is 38.5 Å². The van der Waals surface area contributed by atoms with Gasteiger partial charge in [0, 0.05) is 73.3 Å². The van der Waals surface area contributed by atoms with Crippen LogP contribution in [0.15, 0.2) is 36.4 Å². The van der Waals surface area contributed by atoms with Gasteiger partial charge in [0.25, 0.3) is 11.8 Å². The summed E-state index contributed by atoms with van der Waals surface area (Å²) in [4.78, 5) is 30.7. The van der Waals surface area contributed by atoms with Crippen molar-refractivity contribution in [3.63, 3.8) is 0 Å². The lowest BCUT2D eigenvalue weighted by Gasteiger charge is -2.47. The van der Waals surface area contributed by atoms with E-state index in [-0.39, 0.29) is 29.4 Å². The van der Waals surface area contributed by atoms with Gasteiger partial charge < -0.3 is 35.4 Å². The lowest BCUT2D eigenvalue weighted by molar-refractivity contribution is 0.0459. The van der Waals surface area contributed by atoms with Gasteiger partial charge in [-0.25, -0.2) is 0 Å². The Morgan fingerprint density at radius 1 is 0.627 bits per heavy atom. The third-order valence-corrected chi connectivity index (χ3v) is 11.9. The van der Waals surface area contributed by atoms with Crippen molar-refractivity contribution in [2.75, 3.05) is 28.3 Å². The summed E-state index contributed by atoms with van der Waals surface area (Å²) in [5.41, 5.74) is 2.82. The van der Waals surface area contributed by atoms with Gasteiger partial charge in [0.15, 0.2) is 11.4 Å². The second-order valence-corrected chi connectivity index (χ2v) is 14.8. The maximum absolute atomic E-state index is 12.9. The molecule has 4 aliphatic rings. The predicted octanol–water partition coefficient (Wildman–Crippen LogP) is 3.83. The molecule has 2 amide bonds. The number of amides is 2. The van der Waals surface area contributed by atoms with E-state index in [4.69, 9.17) is 9.47 Å². The topological polar surface area (TPSA) is 150 Å². The number of piperidine rings is 4. The molecule has 6 atom stereocenters. The van der Waals surface area contributed by atoms with E-state index >= 15 is 0 Å². The summed E-state index contributed by atoms with van der Waals surface area (Å²) in [6.45, 7) is 0. The second-order valence-electron chi connectivity index (χ2n) is 14.8. The van der Waals surface area contributed by atoms with Gasteiger partial charge in [0.2, 0.25) is 0 Å². The van der Waals surface area contributed by atoms with E-state index in [0.717, 1.165) is 59.0 Å². The van der Waals surface area contributed by atoms with Crippen LogP contribution in [0.3, 0.4) is 0 Å². The second kappa shape index (κ2) is 15.2. The van der Waals surface area contributed by atoms with Crippen LogP contribution in [0.2, 0.25) is 0 Å². The predicted molar refractivity (Wildman–Crippen MR) is 198 cm³/mol. The number of rotatable bonds is 6. The van der Waals surface area contributed by atoms with Crippen molar-refractivity contribution in [2.45, 2.75) is 100 Å². The van der Waals surface area contributed by atoms with E-state index in [0.29, 0.717) is 35.6 Å². The Labute approximate surface area is 299 Å². The molecule has 51 heavy (non-hydrogen) atoms. The summed E-state index contributed by atoms with van der Waals surface area (Å²) in [7, 11) is 11.5. The summed E-state index contributed by atoms with van der Waals surface area (Å²) in [6.07, 6.45) is 11.7. The SMILES string of the molecule is COc1ccc2c(C(=O)NC3C[C@H]4CCC[C@@H](C3)N4C)nn(C)c2c1.COc1ccc2c(C(=O)NC3C[C@H]4CCC[C@@H](C3)N4C)nn(C)c2c1.O. The highest BCUT2D eigenvalue weighted by Crippen LogP contribution is 2.34. The van der Waals surface area contributed by atoms with Gasteiger partial charge in [-0.05, 0) is 89.7 Å². The van der Waals surface area contributed by atoms with Crippen LogP contribution in [0.4, 0.5) is 0 Å². The fourth-order valence-electron chi connectivity index (χ4n) is 9.04. The molecular weight excluding hydrogens is 648 g/mol. The number of fused-ring (bicyclic) bond motifs is 6. The number of hydrogen-bond acceptors (Lipinski definition) is 8. The molecule has 0 saturated carbocycles. The molecule has 13 nitrogen and oxygen atoms in total. The van der Waals surface area contributed by atoms with Crippen molar-refractivity contribution in [3.8, 4) is 11.5 Å². The van der Waals surface area contributed by atoms with Crippen LogP contribution < -0.4 is 20.1 Å². The molecular formula is C38H54N8O5. The fourth-order valence-corrected chi connectivity index (χ4v) is 9.04. The van der Waals surface area contributed by atoms with E-state index in [2.05, 4.69) is 44.7 Å². The van der Waals surface area contributed by atoms with Gasteiger partial charge >= 0.3 is 0 Å². The van der Waals surface area contributed by atoms with Crippen LogP contribution in [0.1, 0.15) is 85.2 Å². The van der Waals surface area contributed by atoms with Crippen molar-refractivity contribution >= 4 is 33.6 Å². The number of benzene rings is 2. The van der Waals surface area contributed by atoms with Crippen LogP contribution in [0.25, 0.3) is 21.8 Å². The van der Waals surface area contributed by atoms with E-state index in [9.17, 15) is 9.59 Å². The van der Waals surface area contributed by atoms with Crippen molar-refractivity contribution in [2.24, 2.45) is 14.1 Å². The van der Waals surface area contributed by atoms with Crippen molar-refractivity contribution in [1.29, 1.82) is 0 Å². The molecule has 2 unspecified atom stereocenters. The van der Waals surface area contributed by atoms with Gasteiger partial charge in [-0.2, -0.15) is 10.2 Å². The summed E-state index contributed by atoms with van der Waals surface area (Å²) in [5, 5.41) is 17.1. The Hall–Kier alpha value is -4.20. The Balaban J connectivity index is 0.000000172. The van der Waals surface area contributed by atoms with E-state index < -0.39 is 0 Å². The zero-order valence-electron chi connectivity index (χ0n) is 30.8. The zero-order chi connectivity index (χ0) is 35.1. The monoisotopic (exact) mass is 702 g/mol. The number of aromatic nitrogens is 4. The highest BCUT2D eigenvalue weighted by molar-refractivity contribution is 6.06. The van der Waals surface area contributed by atoms with Gasteiger partial charge in [0.05, 0.1) is 25.3 Å². The normalized spacial score (nSPS) is 26.1. The van der Waals surface area contributed by atoms with E-state index in [1.54, 1.807) is 23.6 Å². The minimum absolute atomic E-state index is 0. The van der Waals surface area contributed by atoms with Gasteiger partial charge in [-0.15, -0.1) is 0 Å². The first-order valence-electron chi connectivity index (χ1n) is 18.2. The Morgan fingerprint density at radius 2 is 0.980 bits per heavy atom. The first-order valence-corrected chi connectivity index (χ1v) is 18.2. The summed E-state index contributed by atoms with van der Waals surface area (Å²) in [6, 6.07) is 14.3. The molecule has 4 N–H and O–H groups in total. The number of nitrogens with one attached hydrogen (secondary N) is 2. The number of carbonyl (C=O) groups excluding carboxylic acids is 2. The van der Waals surface area contributed by atoms with Crippen LogP contribution in [0.5, 0.6) is 11.5 Å². The molecule has 13 heteroatoms. The Kier molecular flexibility index (Phi) is 10.9. The maximum Gasteiger partial charge on any atom is 0.272 e. The molecule has 4 bridgehead atoms. The largest absolute Gasteiger partial charge is 0.497 e. The van der Waals surface area contributed by atoms with E-state index in [1.807, 2.05) is 50.5 Å². The van der Waals surface area contributed by atoms with Crippen LogP contribution >= 0.6 is 0 Å². The fraction of sp³-hybridized carbons (Fsp3) is 0.579. The summed E-state index contributed by atoms with van der Waals surface area (Å²) < 4.78 is 14.0. The molecule has 2 aromatic heterocycles. The average Bonchev–Trinajstić information content (AvgIpc) is 3.61. The standard InChI is InChI=1S/2C19H26N4O2.H2O/c2*1-22-13-5-4-6-14(22)10-12(9-13)20-19(24)18-16-8-7-15(25-3)11-17(16)23(2)21-18;/h2*7-8,11-14H,4-6,9-10H2,1-3H3,(H,20,24);1H2/t2*12?,13-,14+;. The molecule has 0 spiro atoms. The quantitative estimate of drug-likeness (QED) is 0.308. The van der Waals surface area contributed by atoms with Crippen molar-refractivity contribution in [3.05, 3.63) is 47.8 Å². The number of ether oxygens (including phenoxy) is 2. The third kappa shape index (κ3) is 7.29. The molecule has 0 aliphatic carbocycles. The first kappa shape index (κ1) is 36.6. The molecule has 2 aromatic carbocycles. The molecule has 4 saturated heterocycles.